The van der Waals surface area contributed by atoms with Gasteiger partial charge in [0.2, 0.25) is 5.91 Å². The number of hydrogen-bond donors (Lipinski definition) is 1. The summed E-state index contributed by atoms with van der Waals surface area (Å²) in [5.41, 5.74) is -0.611. The third-order valence-corrected chi connectivity index (χ3v) is 6.50. The van der Waals surface area contributed by atoms with E-state index in [1.165, 1.54) is 24.1 Å². The second-order valence-electron chi connectivity index (χ2n) is 8.52. The van der Waals surface area contributed by atoms with Gasteiger partial charge in [-0.3, -0.25) is 14.3 Å². The van der Waals surface area contributed by atoms with Gasteiger partial charge >= 0.3 is 12.1 Å². The van der Waals surface area contributed by atoms with Crippen molar-refractivity contribution in [2.75, 3.05) is 20.2 Å². The van der Waals surface area contributed by atoms with Crippen LogP contribution in [-0.2, 0) is 40.0 Å². The van der Waals surface area contributed by atoms with Gasteiger partial charge in [0.05, 0.1) is 25.9 Å². The maximum atomic E-state index is 14.3. The van der Waals surface area contributed by atoms with Gasteiger partial charge in [-0.05, 0) is 37.4 Å². The lowest BCUT2D eigenvalue weighted by Gasteiger charge is -2.29. The maximum Gasteiger partial charge on any atom is 0.435 e. The van der Waals surface area contributed by atoms with E-state index in [9.17, 15) is 27.2 Å². The summed E-state index contributed by atoms with van der Waals surface area (Å²) in [6, 6.07) is 3.47. The number of carbonyl (C=O) groups excluding carboxylic acids is 2. The van der Waals surface area contributed by atoms with Crippen LogP contribution in [0.25, 0.3) is 0 Å². The van der Waals surface area contributed by atoms with E-state index in [0.29, 0.717) is 13.0 Å². The number of hydrogen-bond acceptors (Lipinski definition) is 5. The predicted octanol–water partition coefficient (Wildman–Crippen LogP) is 3.59. The molecule has 1 amide bonds. The molecule has 1 aromatic heterocycles. The van der Waals surface area contributed by atoms with Crippen molar-refractivity contribution in [3.05, 3.63) is 51.6 Å². The van der Waals surface area contributed by atoms with E-state index in [4.69, 9.17) is 16.3 Å². The van der Waals surface area contributed by atoms with Crippen LogP contribution >= 0.6 is 24.0 Å². The van der Waals surface area contributed by atoms with Crippen molar-refractivity contribution in [3.63, 3.8) is 0 Å². The summed E-state index contributed by atoms with van der Waals surface area (Å²) in [4.78, 5) is 26.1. The van der Waals surface area contributed by atoms with E-state index in [-0.39, 0.29) is 78.6 Å². The number of amides is 1. The molecule has 1 aromatic carbocycles. The Morgan fingerprint density at radius 2 is 2.06 bits per heavy atom. The smallest absolute Gasteiger partial charge is 0.435 e. The monoisotopic (exact) mass is 538 g/mol. The summed E-state index contributed by atoms with van der Waals surface area (Å²) in [5.74, 6) is -1.35. The van der Waals surface area contributed by atoms with Gasteiger partial charge in [-0.25, -0.2) is 4.39 Å². The largest absolute Gasteiger partial charge is 0.468 e. The van der Waals surface area contributed by atoms with E-state index in [0.717, 1.165) is 10.7 Å². The first-order valence-electron chi connectivity index (χ1n) is 10.8. The molecule has 0 saturated carbocycles. The lowest BCUT2D eigenvalue weighted by Crippen LogP contribution is -2.38. The van der Waals surface area contributed by atoms with Gasteiger partial charge in [0.1, 0.15) is 11.9 Å². The van der Waals surface area contributed by atoms with E-state index in [2.05, 4.69) is 10.4 Å². The average Bonchev–Trinajstić information content (AvgIpc) is 3.39. The van der Waals surface area contributed by atoms with Crippen molar-refractivity contribution < 1.29 is 31.9 Å². The molecule has 2 aromatic rings. The van der Waals surface area contributed by atoms with Crippen LogP contribution in [0.3, 0.4) is 0 Å². The van der Waals surface area contributed by atoms with Crippen LogP contribution in [0.2, 0.25) is 5.02 Å². The highest BCUT2D eigenvalue weighted by Crippen LogP contribution is 2.36. The van der Waals surface area contributed by atoms with Crippen molar-refractivity contribution in [2.45, 2.75) is 44.6 Å². The minimum atomic E-state index is -4.67. The maximum absolute atomic E-state index is 14.3. The van der Waals surface area contributed by atoms with Crippen LogP contribution < -0.4 is 5.32 Å². The Bertz CT molecular complexity index is 1110. The number of rotatable bonds is 5. The van der Waals surface area contributed by atoms with Crippen molar-refractivity contribution in [1.82, 2.24) is 20.0 Å². The van der Waals surface area contributed by atoms with Crippen molar-refractivity contribution in [1.29, 1.82) is 0 Å². The van der Waals surface area contributed by atoms with Crippen molar-refractivity contribution >= 4 is 35.9 Å². The summed E-state index contributed by atoms with van der Waals surface area (Å²) in [6.07, 6.45) is -4.07. The van der Waals surface area contributed by atoms with E-state index in [1.807, 2.05) is 0 Å². The number of carbonyl (C=O) groups is 2. The van der Waals surface area contributed by atoms with Crippen molar-refractivity contribution in [2.24, 2.45) is 5.92 Å². The quantitative estimate of drug-likeness (QED) is 0.465. The zero-order valence-corrected chi connectivity index (χ0v) is 20.3. The second-order valence-corrected chi connectivity index (χ2v) is 8.96. The molecule has 2 aliphatic rings. The molecule has 3 heterocycles. The summed E-state index contributed by atoms with van der Waals surface area (Å²) >= 11 is 5.77. The molecular formula is C22H24Cl2F4N4O3. The van der Waals surface area contributed by atoms with Crippen LogP contribution in [0, 0.1) is 11.7 Å². The first-order chi connectivity index (χ1) is 16.1. The van der Waals surface area contributed by atoms with Gasteiger partial charge in [0, 0.05) is 29.1 Å². The molecule has 0 aliphatic carbocycles. The van der Waals surface area contributed by atoms with Crippen LogP contribution in [0.1, 0.15) is 35.4 Å². The Morgan fingerprint density at radius 3 is 2.71 bits per heavy atom. The standard InChI is InChI=1S/C22H23ClF4N4O3.ClH/c1-34-21(33)17-6-12(9-28-17)7-19(32)30-5-4-15-18(11-30)31(29-20(15)22(25,26)27)10-13-2-3-14(23)8-16(13)24;/h2-3,8,12,17,28H,4-7,9-11H2,1H3;1H. The highest BCUT2D eigenvalue weighted by molar-refractivity contribution is 6.30. The number of aromatic nitrogens is 2. The number of alkyl halides is 3. The fourth-order valence-corrected chi connectivity index (χ4v) is 4.68. The minimum Gasteiger partial charge on any atom is -0.468 e. The average molecular weight is 539 g/mol. The first kappa shape index (κ1) is 27.2. The number of halogens is 6. The molecule has 1 fully saturated rings. The molecule has 2 atom stereocenters. The molecule has 1 saturated heterocycles. The molecule has 7 nitrogen and oxygen atoms in total. The van der Waals surface area contributed by atoms with Crippen LogP contribution in [0.5, 0.6) is 0 Å². The fraction of sp³-hybridized carbons (Fsp3) is 0.500. The number of esters is 1. The lowest BCUT2D eigenvalue weighted by molar-refractivity contribution is -0.143. The lowest BCUT2D eigenvalue weighted by atomic mass is 9.99. The molecule has 2 aliphatic heterocycles. The normalized spacial score (nSPS) is 19.8. The zero-order valence-electron chi connectivity index (χ0n) is 18.7. The summed E-state index contributed by atoms with van der Waals surface area (Å²) < 4.78 is 61.0. The number of fused-ring (bicyclic) bond motifs is 1. The van der Waals surface area contributed by atoms with Gasteiger partial charge in [0.15, 0.2) is 5.69 Å². The number of methoxy groups -OCH3 is 1. The first-order valence-corrected chi connectivity index (χ1v) is 11.1. The highest BCUT2D eigenvalue weighted by Gasteiger charge is 2.41. The van der Waals surface area contributed by atoms with Crippen molar-refractivity contribution in [3.8, 4) is 0 Å². The Hall–Kier alpha value is -2.37. The number of ether oxygens (including phenoxy) is 1. The van der Waals surface area contributed by atoms with Crippen LogP contribution in [-0.4, -0.2) is 52.8 Å². The highest BCUT2D eigenvalue weighted by atomic mass is 35.5. The van der Waals surface area contributed by atoms with E-state index >= 15 is 0 Å². The molecule has 35 heavy (non-hydrogen) atoms. The molecule has 4 rings (SSSR count). The molecular weight excluding hydrogens is 515 g/mol. The Labute approximate surface area is 210 Å². The predicted molar refractivity (Wildman–Crippen MR) is 121 cm³/mol. The van der Waals surface area contributed by atoms with Crippen LogP contribution in [0.15, 0.2) is 18.2 Å². The molecule has 0 bridgehead atoms. The van der Waals surface area contributed by atoms with Gasteiger partial charge in [0.25, 0.3) is 0 Å². The number of benzene rings is 1. The topological polar surface area (TPSA) is 76.5 Å². The Kier molecular flexibility index (Phi) is 8.33. The van der Waals surface area contributed by atoms with Crippen LogP contribution in [0.4, 0.5) is 17.6 Å². The number of nitrogens with zero attached hydrogens (tertiary/aromatic N) is 3. The molecule has 192 valence electrons. The molecule has 1 N–H and O–H groups in total. The molecule has 13 heteroatoms. The third kappa shape index (κ3) is 5.90. The Balaban J connectivity index is 0.00000342. The van der Waals surface area contributed by atoms with Gasteiger partial charge < -0.3 is 15.0 Å². The summed E-state index contributed by atoms with van der Waals surface area (Å²) in [6.45, 7) is 0.303. The van der Waals surface area contributed by atoms with E-state index < -0.39 is 29.7 Å². The third-order valence-electron chi connectivity index (χ3n) is 6.27. The molecule has 0 radical (unpaired) electrons. The number of nitrogens with one attached hydrogen (secondary N) is 1. The van der Waals surface area contributed by atoms with Gasteiger partial charge in [-0.2, -0.15) is 18.3 Å². The Morgan fingerprint density at radius 1 is 1.31 bits per heavy atom. The SMILES string of the molecule is COC(=O)C1CC(CC(=O)N2CCc3c(C(F)(F)F)nn(Cc4ccc(Cl)cc4F)c3C2)CN1.Cl. The molecule has 0 spiro atoms. The second kappa shape index (κ2) is 10.7. The summed E-state index contributed by atoms with van der Waals surface area (Å²) in [7, 11) is 1.29. The van der Waals surface area contributed by atoms with E-state index in [1.54, 1.807) is 0 Å². The minimum absolute atomic E-state index is 0. The molecule has 2 unspecified atom stereocenters. The van der Waals surface area contributed by atoms with Gasteiger partial charge in [-0.15, -0.1) is 12.4 Å². The fourth-order valence-electron chi connectivity index (χ4n) is 4.53. The summed E-state index contributed by atoms with van der Waals surface area (Å²) in [5, 5.41) is 6.94. The zero-order chi connectivity index (χ0) is 24.6. The van der Waals surface area contributed by atoms with Gasteiger partial charge in [-0.1, -0.05) is 17.7 Å².